The van der Waals surface area contributed by atoms with Crippen molar-refractivity contribution in [2.24, 2.45) is 11.8 Å². The zero-order chi connectivity index (χ0) is 13.0. The predicted molar refractivity (Wildman–Crippen MR) is 68.7 cm³/mol. The minimum absolute atomic E-state index is 0.290. The Bertz CT molecular complexity index is 403. The van der Waals surface area contributed by atoms with E-state index in [1.807, 2.05) is 0 Å². The number of nitrogens with two attached hydrogens (primary N) is 1. The van der Waals surface area contributed by atoms with Gasteiger partial charge in [0.1, 0.15) is 5.76 Å². The molecule has 1 aliphatic heterocycles. The third kappa shape index (κ3) is 3.11. The number of nitrogens with one attached hydrogen (secondary N) is 1. The van der Waals surface area contributed by atoms with Crippen LogP contribution in [-0.4, -0.2) is 23.9 Å². The smallest absolute Gasteiger partial charge is 0.268 e. The molecule has 5 heteroatoms. The van der Waals surface area contributed by atoms with Gasteiger partial charge in [-0.1, -0.05) is 6.92 Å². The predicted octanol–water partition coefficient (Wildman–Crippen LogP) is 1.51. The number of amides is 1. The summed E-state index contributed by atoms with van der Waals surface area (Å²) in [6.45, 7) is 5.10. The quantitative estimate of drug-likeness (QED) is 0.485. The van der Waals surface area contributed by atoms with Gasteiger partial charge in [0.25, 0.3) is 5.91 Å². The van der Waals surface area contributed by atoms with Crippen LogP contribution in [0, 0.1) is 5.92 Å². The van der Waals surface area contributed by atoms with Gasteiger partial charge in [0.2, 0.25) is 0 Å². The van der Waals surface area contributed by atoms with Crippen LogP contribution in [0.15, 0.2) is 16.7 Å². The summed E-state index contributed by atoms with van der Waals surface area (Å²) in [7, 11) is 0. The van der Waals surface area contributed by atoms with Gasteiger partial charge in [-0.05, 0) is 44.3 Å². The zero-order valence-corrected chi connectivity index (χ0v) is 10.8. The van der Waals surface area contributed by atoms with E-state index in [1.54, 1.807) is 12.3 Å². The Kier molecular flexibility index (Phi) is 4.38. The molecule has 0 bridgehead atoms. The summed E-state index contributed by atoms with van der Waals surface area (Å²) in [5.41, 5.74) is 2.68. The summed E-state index contributed by atoms with van der Waals surface area (Å²) in [6, 6.07) is 1.66. The van der Waals surface area contributed by atoms with Crippen LogP contribution in [0.3, 0.4) is 0 Å². The molecule has 1 amide bonds. The topological polar surface area (TPSA) is 71.5 Å². The van der Waals surface area contributed by atoms with Gasteiger partial charge in [0.15, 0.2) is 0 Å². The van der Waals surface area contributed by atoms with Crippen LogP contribution in [0.5, 0.6) is 0 Å². The second-order valence-corrected chi connectivity index (χ2v) is 5.04. The fraction of sp³-hybridized carbons (Fsp3) is 0.615. The van der Waals surface area contributed by atoms with Gasteiger partial charge in [0, 0.05) is 0 Å². The second kappa shape index (κ2) is 6.02. The van der Waals surface area contributed by atoms with Gasteiger partial charge >= 0.3 is 0 Å². The van der Waals surface area contributed by atoms with Crippen LogP contribution in [0.1, 0.15) is 42.3 Å². The highest BCUT2D eigenvalue weighted by atomic mass is 16.3. The van der Waals surface area contributed by atoms with E-state index in [1.165, 1.54) is 19.3 Å². The molecule has 5 nitrogen and oxygen atoms in total. The summed E-state index contributed by atoms with van der Waals surface area (Å²) in [5.74, 6) is 6.36. The van der Waals surface area contributed by atoms with Crippen LogP contribution in [0.25, 0.3) is 0 Å². The van der Waals surface area contributed by atoms with E-state index in [0.717, 1.165) is 19.0 Å². The lowest BCUT2D eigenvalue weighted by molar-refractivity contribution is 0.0950. The van der Waals surface area contributed by atoms with Crippen molar-refractivity contribution in [3.63, 3.8) is 0 Å². The molecule has 0 spiro atoms. The molecular formula is C13H21N3O2. The number of hydrazine groups is 1. The van der Waals surface area contributed by atoms with Crippen molar-refractivity contribution in [2.45, 2.75) is 32.7 Å². The van der Waals surface area contributed by atoms with Gasteiger partial charge in [-0.3, -0.25) is 15.1 Å². The molecule has 1 saturated heterocycles. The third-order valence-electron chi connectivity index (χ3n) is 3.60. The molecule has 1 fully saturated rings. The SMILES string of the molecule is CC1CCCN(Cc2occc2C(=O)NN)CC1. The number of furan rings is 1. The first-order valence-corrected chi connectivity index (χ1v) is 6.50. The summed E-state index contributed by atoms with van der Waals surface area (Å²) >= 11 is 0. The molecule has 1 aliphatic rings. The Morgan fingerprint density at radius 1 is 1.56 bits per heavy atom. The summed E-state index contributed by atoms with van der Waals surface area (Å²) in [5, 5.41) is 0. The fourth-order valence-electron chi connectivity index (χ4n) is 2.43. The van der Waals surface area contributed by atoms with Crippen molar-refractivity contribution in [2.75, 3.05) is 13.1 Å². The van der Waals surface area contributed by atoms with E-state index in [-0.39, 0.29) is 5.91 Å². The molecule has 0 saturated carbocycles. The van der Waals surface area contributed by atoms with Crippen molar-refractivity contribution >= 4 is 5.91 Å². The van der Waals surface area contributed by atoms with E-state index in [0.29, 0.717) is 17.9 Å². The molecule has 1 aromatic rings. The monoisotopic (exact) mass is 251 g/mol. The van der Waals surface area contributed by atoms with E-state index >= 15 is 0 Å². The average molecular weight is 251 g/mol. The summed E-state index contributed by atoms with van der Waals surface area (Å²) < 4.78 is 5.40. The molecule has 2 heterocycles. The Morgan fingerprint density at radius 2 is 2.39 bits per heavy atom. The van der Waals surface area contributed by atoms with Gasteiger partial charge in [-0.25, -0.2) is 5.84 Å². The van der Waals surface area contributed by atoms with E-state index < -0.39 is 0 Å². The van der Waals surface area contributed by atoms with Crippen LogP contribution in [0.2, 0.25) is 0 Å². The molecule has 1 unspecified atom stereocenters. The van der Waals surface area contributed by atoms with Crippen molar-refractivity contribution in [1.29, 1.82) is 0 Å². The van der Waals surface area contributed by atoms with Crippen LogP contribution < -0.4 is 11.3 Å². The van der Waals surface area contributed by atoms with Crippen LogP contribution in [0.4, 0.5) is 0 Å². The van der Waals surface area contributed by atoms with Gasteiger partial charge < -0.3 is 4.42 Å². The van der Waals surface area contributed by atoms with Gasteiger partial charge in [-0.2, -0.15) is 0 Å². The molecule has 3 N–H and O–H groups in total. The van der Waals surface area contributed by atoms with E-state index in [4.69, 9.17) is 10.3 Å². The molecule has 1 aromatic heterocycles. The molecular weight excluding hydrogens is 230 g/mol. The van der Waals surface area contributed by atoms with Crippen molar-refractivity contribution in [3.05, 3.63) is 23.7 Å². The molecule has 0 aliphatic carbocycles. The third-order valence-corrected chi connectivity index (χ3v) is 3.60. The number of hydrogen-bond donors (Lipinski definition) is 2. The minimum Gasteiger partial charge on any atom is -0.467 e. The number of likely N-dealkylation sites (tertiary alicyclic amines) is 1. The molecule has 0 aromatic carbocycles. The molecule has 0 radical (unpaired) electrons. The Hall–Kier alpha value is -1.33. The Balaban J connectivity index is 2.00. The first-order chi connectivity index (χ1) is 8.70. The fourth-order valence-corrected chi connectivity index (χ4v) is 2.43. The lowest BCUT2D eigenvalue weighted by Gasteiger charge is -2.18. The lowest BCUT2D eigenvalue weighted by atomic mass is 10.0. The maximum atomic E-state index is 11.5. The number of hydrogen-bond acceptors (Lipinski definition) is 4. The van der Waals surface area contributed by atoms with E-state index in [9.17, 15) is 4.79 Å². The average Bonchev–Trinajstić information content (AvgIpc) is 2.73. The Labute approximate surface area is 107 Å². The summed E-state index contributed by atoms with van der Waals surface area (Å²) in [4.78, 5) is 13.9. The summed E-state index contributed by atoms with van der Waals surface area (Å²) in [6.07, 6.45) is 5.24. The van der Waals surface area contributed by atoms with Crippen molar-refractivity contribution in [1.82, 2.24) is 10.3 Å². The van der Waals surface area contributed by atoms with Crippen LogP contribution in [-0.2, 0) is 6.54 Å². The molecule has 18 heavy (non-hydrogen) atoms. The zero-order valence-electron chi connectivity index (χ0n) is 10.8. The number of nitrogen functional groups attached to an aromatic ring is 1. The standard InChI is InChI=1S/C13H21N3O2/c1-10-3-2-6-16(7-4-10)9-12-11(5-8-18-12)13(17)15-14/h5,8,10H,2-4,6-7,9,14H2,1H3,(H,15,17). The van der Waals surface area contributed by atoms with Crippen molar-refractivity contribution in [3.8, 4) is 0 Å². The maximum absolute atomic E-state index is 11.5. The first kappa shape index (κ1) is 13.1. The normalized spacial score (nSPS) is 21.6. The molecule has 2 rings (SSSR count). The first-order valence-electron chi connectivity index (χ1n) is 6.50. The van der Waals surface area contributed by atoms with E-state index in [2.05, 4.69) is 17.2 Å². The number of carbonyl (C=O) groups excluding carboxylic acids is 1. The van der Waals surface area contributed by atoms with Crippen LogP contribution >= 0.6 is 0 Å². The highest BCUT2D eigenvalue weighted by molar-refractivity contribution is 5.94. The highest BCUT2D eigenvalue weighted by Crippen LogP contribution is 2.20. The number of nitrogens with zero attached hydrogens (tertiary/aromatic N) is 1. The largest absolute Gasteiger partial charge is 0.467 e. The van der Waals surface area contributed by atoms with Gasteiger partial charge in [-0.15, -0.1) is 0 Å². The van der Waals surface area contributed by atoms with Crippen molar-refractivity contribution < 1.29 is 9.21 Å². The number of carbonyl (C=O) groups is 1. The minimum atomic E-state index is -0.290. The Morgan fingerprint density at radius 3 is 3.17 bits per heavy atom. The molecule has 100 valence electrons. The number of rotatable bonds is 3. The lowest BCUT2D eigenvalue weighted by Crippen LogP contribution is -2.31. The maximum Gasteiger partial charge on any atom is 0.268 e. The highest BCUT2D eigenvalue weighted by Gasteiger charge is 2.19. The second-order valence-electron chi connectivity index (χ2n) is 5.04. The molecule has 1 atom stereocenters. The van der Waals surface area contributed by atoms with Gasteiger partial charge in [0.05, 0.1) is 18.4 Å².